The average Bonchev–Trinajstić information content (AvgIpc) is 2.73. The number of hydrogen-bond acceptors (Lipinski definition) is 4. The van der Waals surface area contributed by atoms with E-state index in [1.54, 1.807) is 24.3 Å². The maximum Gasteiger partial charge on any atom is 0.328 e. The van der Waals surface area contributed by atoms with Gasteiger partial charge in [0.15, 0.2) is 0 Å². The molecule has 154 valence electrons. The zero-order valence-corrected chi connectivity index (χ0v) is 15.8. The molecule has 2 aliphatic rings. The highest BCUT2D eigenvalue weighted by Crippen LogP contribution is 2.30. The number of aliphatic carboxylic acids is 1. The number of benzene rings is 2. The van der Waals surface area contributed by atoms with E-state index in [1.807, 2.05) is 0 Å². The van der Waals surface area contributed by atoms with Crippen molar-refractivity contribution in [2.45, 2.75) is 18.9 Å². The van der Waals surface area contributed by atoms with Crippen LogP contribution in [0.15, 0.2) is 42.5 Å². The Hall–Kier alpha value is -3.75. The fraction of sp³-hybridized carbons (Fsp3) is 0.238. The predicted octanol–water partition coefficient (Wildman–Crippen LogP) is 2.10. The molecule has 0 saturated carbocycles. The topological polar surface area (TPSA) is 107 Å². The summed E-state index contributed by atoms with van der Waals surface area (Å²) in [5.41, 5.74) is 1.42. The van der Waals surface area contributed by atoms with Crippen LogP contribution in [0, 0.1) is 5.82 Å². The summed E-state index contributed by atoms with van der Waals surface area (Å²) in [4.78, 5) is 50.7. The molecule has 30 heavy (non-hydrogen) atoms. The first-order valence-electron chi connectivity index (χ1n) is 9.36. The highest BCUT2D eigenvalue weighted by molar-refractivity contribution is 6.06. The van der Waals surface area contributed by atoms with E-state index in [9.17, 15) is 28.7 Å². The van der Waals surface area contributed by atoms with Crippen LogP contribution in [0.5, 0.6) is 0 Å². The van der Waals surface area contributed by atoms with Crippen molar-refractivity contribution in [3.05, 3.63) is 65.0 Å². The van der Waals surface area contributed by atoms with Crippen molar-refractivity contribution in [3.63, 3.8) is 0 Å². The summed E-state index contributed by atoms with van der Waals surface area (Å²) in [7, 11) is 0. The summed E-state index contributed by atoms with van der Waals surface area (Å²) in [5.74, 6) is -3.52. The molecule has 1 atom stereocenters. The van der Waals surface area contributed by atoms with Gasteiger partial charge in [-0.3, -0.25) is 24.6 Å². The van der Waals surface area contributed by atoms with Crippen LogP contribution in [0.3, 0.4) is 0 Å². The first-order chi connectivity index (χ1) is 14.3. The molecule has 1 fully saturated rings. The quantitative estimate of drug-likeness (QED) is 0.804. The summed E-state index contributed by atoms with van der Waals surface area (Å²) < 4.78 is 14.4. The fourth-order valence-corrected chi connectivity index (χ4v) is 3.80. The lowest BCUT2D eigenvalue weighted by Crippen LogP contribution is -2.50. The number of nitrogens with zero attached hydrogens (tertiary/aromatic N) is 2. The Balaban J connectivity index is 1.63. The summed E-state index contributed by atoms with van der Waals surface area (Å²) in [5, 5.41) is 11.7. The van der Waals surface area contributed by atoms with E-state index >= 15 is 0 Å². The van der Waals surface area contributed by atoms with Gasteiger partial charge in [-0.15, -0.1) is 0 Å². The van der Waals surface area contributed by atoms with E-state index in [2.05, 4.69) is 5.32 Å². The van der Waals surface area contributed by atoms with Crippen LogP contribution < -0.4 is 10.2 Å². The van der Waals surface area contributed by atoms with Gasteiger partial charge >= 0.3 is 12.0 Å². The molecular formula is C21H18FN3O5. The van der Waals surface area contributed by atoms with Gasteiger partial charge in [-0.1, -0.05) is 24.3 Å². The molecule has 0 aromatic heterocycles. The van der Waals surface area contributed by atoms with Crippen molar-refractivity contribution in [3.8, 4) is 0 Å². The van der Waals surface area contributed by atoms with Gasteiger partial charge in [0, 0.05) is 31.6 Å². The molecule has 4 rings (SSSR count). The van der Waals surface area contributed by atoms with Crippen molar-refractivity contribution in [1.82, 2.24) is 10.2 Å². The number of amides is 4. The van der Waals surface area contributed by atoms with Crippen LogP contribution >= 0.6 is 0 Å². The van der Waals surface area contributed by atoms with Gasteiger partial charge < -0.3 is 10.0 Å². The minimum Gasteiger partial charge on any atom is -0.481 e. The Morgan fingerprint density at radius 1 is 1.13 bits per heavy atom. The maximum atomic E-state index is 14.4. The van der Waals surface area contributed by atoms with E-state index in [4.69, 9.17) is 0 Å². The molecule has 2 heterocycles. The zero-order chi connectivity index (χ0) is 21.4. The number of carboxylic acids is 1. The van der Waals surface area contributed by atoms with Crippen LogP contribution in [0.1, 0.15) is 33.8 Å². The van der Waals surface area contributed by atoms with E-state index in [0.717, 1.165) is 16.5 Å². The lowest BCUT2D eigenvalue weighted by atomic mass is 9.89. The van der Waals surface area contributed by atoms with Gasteiger partial charge in [0.05, 0.1) is 11.6 Å². The largest absolute Gasteiger partial charge is 0.481 e. The number of anilines is 1. The van der Waals surface area contributed by atoms with Crippen molar-refractivity contribution in [2.24, 2.45) is 0 Å². The van der Waals surface area contributed by atoms with Crippen molar-refractivity contribution < 1.29 is 28.7 Å². The Labute approximate surface area is 170 Å². The first-order valence-corrected chi connectivity index (χ1v) is 9.36. The van der Waals surface area contributed by atoms with Crippen LogP contribution in [0.4, 0.5) is 14.9 Å². The Kier molecular flexibility index (Phi) is 4.94. The molecule has 1 unspecified atom stereocenters. The molecule has 2 aliphatic heterocycles. The second-order valence-corrected chi connectivity index (χ2v) is 7.20. The van der Waals surface area contributed by atoms with E-state index in [1.165, 1.54) is 17.0 Å². The van der Waals surface area contributed by atoms with Crippen LogP contribution in [0.2, 0.25) is 0 Å². The molecule has 4 amide bonds. The number of nitrogens with one attached hydrogen (secondary N) is 1. The number of urea groups is 1. The lowest BCUT2D eigenvalue weighted by molar-refractivity contribution is -0.139. The average molecular weight is 411 g/mol. The molecule has 1 saturated heterocycles. The fourth-order valence-electron chi connectivity index (χ4n) is 3.80. The monoisotopic (exact) mass is 411 g/mol. The Bertz CT molecular complexity index is 1070. The smallest absolute Gasteiger partial charge is 0.328 e. The second kappa shape index (κ2) is 7.58. The van der Waals surface area contributed by atoms with Gasteiger partial charge in [0.2, 0.25) is 5.91 Å². The number of carboxylic acid groups (broad SMARTS) is 1. The van der Waals surface area contributed by atoms with Gasteiger partial charge in [0.1, 0.15) is 5.82 Å². The minimum absolute atomic E-state index is 0.00257. The van der Waals surface area contributed by atoms with Gasteiger partial charge in [-0.05, 0) is 29.3 Å². The predicted molar refractivity (Wildman–Crippen MR) is 103 cm³/mol. The lowest BCUT2D eigenvalue weighted by Gasteiger charge is -2.33. The van der Waals surface area contributed by atoms with Gasteiger partial charge in [0.25, 0.3) is 5.91 Å². The van der Waals surface area contributed by atoms with Crippen LogP contribution in [-0.2, 0) is 16.1 Å². The first kappa shape index (κ1) is 19.6. The molecule has 2 N–H and O–H groups in total. The highest BCUT2D eigenvalue weighted by atomic mass is 19.1. The standard InChI is InChI=1S/C21H18FN3O5/c22-16-6-5-12(9-17(16)25-8-7-18(26)23-21(25)30)19(27)24-10-13-3-1-2-4-14(13)15(11-24)20(28)29/h1-6,9,15H,7-8,10-11H2,(H,28,29)(H,23,26,30). The van der Waals surface area contributed by atoms with Crippen molar-refractivity contribution in [1.29, 1.82) is 0 Å². The van der Waals surface area contributed by atoms with Crippen LogP contribution in [-0.4, -0.2) is 46.9 Å². The normalized spacial score (nSPS) is 18.6. The number of fused-ring (bicyclic) bond motifs is 1. The molecule has 0 bridgehead atoms. The molecule has 2 aromatic carbocycles. The molecular weight excluding hydrogens is 393 g/mol. The van der Waals surface area contributed by atoms with Crippen molar-refractivity contribution in [2.75, 3.05) is 18.0 Å². The van der Waals surface area contributed by atoms with Gasteiger partial charge in [-0.2, -0.15) is 0 Å². The Morgan fingerprint density at radius 3 is 2.63 bits per heavy atom. The summed E-state index contributed by atoms with van der Waals surface area (Å²) in [6, 6.07) is 9.92. The van der Waals surface area contributed by atoms with E-state index in [-0.39, 0.29) is 37.3 Å². The SMILES string of the molecule is O=C1CCN(c2cc(C(=O)N3Cc4ccccc4C(C(=O)O)C3)ccc2F)C(=O)N1. The molecule has 0 radical (unpaired) electrons. The number of imide groups is 1. The molecule has 9 heteroatoms. The summed E-state index contributed by atoms with van der Waals surface area (Å²) in [6.07, 6.45) is 0.0204. The second-order valence-electron chi connectivity index (χ2n) is 7.20. The number of hydrogen-bond donors (Lipinski definition) is 2. The third-order valence-corrected chi connectivity index (χ3v) is 5.32. The third kappa shape index (κ3) is 3.49. The molecule has 8 nitrogen and oxygen atoms in total. The van der Waals surface area contributed by atoms with E-state index < -0.39 is 35.5 Å². The maximum absolute atomic E-state index is 14.4. The number of rotatable bonds is 3. The number of carbonyl (C=O) groups excluding carboxylic acids is 3. The molecule has 0 spiro atoms. The number of carbonyl (C=O) groups is 4. The van der Waals surface area contributed by atoms with Crippen LogP contribution in [0.25, 0.3) is 0 Å². The number of halogens is 1. The third-order valence-electron chi connectivity index (χ3n) is 5.32. The van der Waals surface area contributed by atoms with Gasteiger partial charge in [-0.25, -0.2) is 9.18 Å². The highest BCUT2D eigenvalue weighted by Gasteiger charge is 2.33. The molecule has 2 aromatic rings. The van der Waals surface area contributed by atoms with E-state index in [0.29, 0.717) is 5.56 Å². The zero-order valence-electron chi connectivity index (χ0n) is 15.8. The van der Waals surface area contributed by atoms with Crippen molar-refractivity contribution >= 4 is 29.5 Å². The molecule has 0 aliphatic carbocycles. The minimum atomic E-state index is -1.03. The summed E-state index contributed by atoms with van der Waals surface area (Å²) in [6.45, 7) is 0.207. The Morgan fingerprint density at radius 2 is 1.90 bits per heavy atom. The summed E-state index contributed by atoms with van der Waals surface area (Å²) >= 11 is 0.